The van der Waals surface area contributed by atoms with Gasteiger partial charge in [0.15, 0.2) is 0 Å². The van der Waals surface area contributed by atoms with Crippen LogP contribution in [0.4, 0.5) is 0 Å². The van der Waals surface area contributed by atoms with Crippen molar-refractivity contribution in [2.75, 3.05) is 7.11 Å². The van der Waals surface area contributed by atoms with Crippen molar-refractivity contribution in [1.29, 1.82) is 0 Å². The molecule has 0 aliphatic heterocycles. The highest BCUT2D eigenvalue weighted by atomic mass is 16.5. The molecule has 0 N–H and O–H groups in total. The fourth-order valence-electron chi connectivity index (χ4n) is 2.20. The molecule has 2 heteroatoms. The quantitative estimate of drug-likeness (QED) is 0.224. The van der Waals surface area contributed by atoms with Crippen molar-refractivity contribution in [3.8, 4) is 0 Å². The van der Waals surface area contributed by atoms with Gasteiger partial charge < -0.3 is 4.74 Å². The third kappa shape index (κ3) is 16.9. The Morgan fingerprint density at radius 2 is 1.33 bits per heavy atom. The Morgan fingerprint density at radius 1 is 0.810 bits per heavy atom. The van der Waals surface area contributed by atoms with Gasteiger partial charge in [0.1, 0.15) is 0 Å². The third-order valence-electron chi connectivity index (χ3n) is 3.59. The van der Waals surface area contributed by atoms with Crippen LogP contribution in [0.15, 0.2) is 24.3 Å². The second-order valence-corrected chi connectivity index (χ2v) is 5.59. The van der Waals surface area contributed by atoms with Gasteiger partial charge in [-0.3, -0.25) is 4.79 Å². The summed E-state index contributed by atoms with van der Waals surface area (Å²) in [4.78, 5) is 10.9. The average Bonchev–Trinajstić information content (AvgIpc) is 2.50. The first-order chi connectivity index (χ1) is 10.3. The molecule has 0 saturated heterocycles. The van der Waals surface area contributed by atoms with E-state index in [9.17, 15) is 4.79 Å². The zero-order valence-corrected chi connectivity index (χ0v) is 14.1. The molecule has 0 atom stereocenters. The van der Waals surface area contributed by atoms with E-state index in [1.807, 2.05) is 0 Å². The van der Waals surface area contributed by atoms with Gasteiger partial charge >= 0.3 is 5.97 Å². The van der Waals surface area contributed by atoms with Crippen LogP contribution in [0, 0.1) is 0 Å². The Morgan fingerprint density at radius 3 is 1.90 bits per heavy atom. The highest BCUT2D eigenvalue weighted by molar-refractivity contribution is 5.68. The summed E-state index contributed by atoms with van der Waals surface area (Å²) < 4.78 is 4.61. The molecule has 122 valence electrons. The second-order valence-electron chi connectivity index (χ2n) is 5.59. The van der Waals surface area contributed by atoms with Crippen molar-refractivity contribution >= 4 is 5.97 Å². The van der Waals surface area contributed by atoms with Crippen LogP contribution < -0.4 is 0 Å². The van der Waals surface area contributed by atoms with E-state index in [-0.39, 0.29) is 5.97 Å². The summed E-state index contributed by atoms with van der Waals surface area (Å²) in [7, 11) is 1.45. The topological polar surface area (TPSA) is 26.3 Å². The molecule has 0 heterocycles. The minimum atomic E-state index is -0.0839. The maximum atomic E-state index is 10.9. The van der Waals surface area contributed by atoms with Gasteiger partial charge in [0.25, 0.3) is 0 Å². The fourth-order valence-corrected chi connectivity index (χ4v) is 2.20. The number of carbonyl (C=O) groups excluding carboxylic acids is 1. The number of methoxy groups -OCH3 is 1. The van der Waals surface area contributed by atoms with Crippen LogP contribution in [0.2, 0.25) is 0 Å². The van der Waals surface area contributed by atoms with E-state index in [4.69, 9.17) is 0 Å². The Bertz CT molecular complexity index is 279. The summed E-state index contributed by atoms with van der Waals surface area (Å²) >= 11 is 0. The van der Waals surface area contributed by atoms with Crippen molar-refractivity contribution in [1.82, 2.24) is 0 Å². The molecule has 0 unspecified atom stereocenters. The molecular weight excluding hydrogens is 260 g/mol. The first-order valence-corrected chi connectivity index (χ1v) is 8.69. The molecule has 0 amide bonds. The lowest BCUT2D eigenvalue weighted by Crippen LogP contribution is -1.98. The van der Waals surface area contributed by atoms with Crippen LogP contribution in [0.5, 0.6) is 0 Å². The summed E-state index contributed by atoms with van der Waals surface area (Å²) in [5.41, 5.74) is 0. The summed E-state index contributed by atoms with van der Waals surface area (Å²) in [6.45, 7) is 2.25. The largest absolute Gasteiger partial charge is 0.469 e. The number of hydrogen-bond acceptors (Lipinski definition) is 2. The van der Waals surface area contributed by atoms with Crippen LogP contribution in [0.3, 0.4) is 0 Å². The molecule has 0 radical (unpaired) electrons. The Kier molecular flexibility index (Phi) is 16.2. The molecule has 0 aromatic rings. The Balaban J connectivity index is 3.21. The molecule has 0 saturated carbocycles. The number of rotatable bonds is 14. The molecule has 0 aromatic heterocycles. The lowest BCUT2D eigenvalue weighted by Gasteiger charge is -1.99. The third-order valence-corrected chi connectivity index (χ3v) is 3.59. The Labute approximate surface area is 131 Å². The van der Waals surface area contributed by atoms with Crippen molar-refractivity contribution in [3.63, 3.8) is 0 Å². The number of carbonyl (C=O) groups is 1. The van der Waals surface area contributed by atoms with Crippen LogP contribution in [-0.2, 0) is 9.53 Å². The number of ether oxygens (including phenoxy) is 1. The normalized spacial score (nSPS) is 11.5. The minimum Gasteiger partial charge on any atom is -0.469 e. The Hall–Kier alpha value is -1.05. The van der Waals surface area contributed by atoms with Crippen LogP contribution in [0.1, 0.15) is 84.0 Å². The average molecular weight is 294 g/mol. The molecule has 0 aliphatic carbocycles. The monoisotopic (exact) mass is 294 g/mol. The van der Waals surface area contributed by atoms with Crippen LogP contribution in [0.25, 0.3) is 0 Å². The maximum absolute atomic E-state index is 10.9. The van der Waals surface area contributed by atoms with Gasteiger partial charge in [-0.25, -0.2) is 0 Å². The zero-order chi connectivity index (χ0) is 15.6. The molecule has 2 nitrogen and oxygen atoms in total. The molecule has 0 fully saturated rings. The van der Waals surface area contributed by atoms with Crippen LogP contribution >= 0.6 is 0 Å². The van der Waals surface area contributed by atoms with Gasteiger partial charge in [0, 0.05) is 6.42 Å². The van der Waals surface area contributed by atoms with Gasteiger partial charge in [-0.05, 0) is 32.1 Å². The summed E-state index contributed by atoms with van der Waals surface area (Å²) in [6, 6.07) is 0. The van der Waals surface area contributed by atoms with E-state index in [1.165, 1.54) is 58.5 Å². The number of hydrogen-bond donors (Lipinski definition) is 0. The van der Waals surface area contributed by atoms with E-state index in [2.05, 4.69) is 36.0 Å². The number of allylic oxidation sites excluding steroid dienone is 4. The summed E-state index contributed by atoms with van der Waals surface area (Å²) in [6.07, 6.45) is 23.0. The highest BCUT2D eigenvalue weighted by Crippen LogP contribution is 2.08. The van der Waals surface area contributed by atoms with E-state index in [0.29, 0.717) is 6.42 Å². The minimum absolute atomic E-state index is 0.0839. The molecule has 21 heavy (non-hydrogen) atoms. The highest BCUT2D eigenvalue weighted by Gasteiger charge is 1.98. The SMILES string of the molecule is CCCCCC/C=C/C=CCCCCCCCC(=O)OC. The molecule has 0 bridgehead atoms. The number of esters is 1. The summed E-state index contributed by atoms with van der Waals surface area (Å²) in [5, 5.41) is 0. The zero-order valence-electron chi connectivity index (χ0n) is 14.1. The van der Waals surface area contributed by atoms with Gasteiger partial charge in [-0.2, -0.15) is 0 Å². The second kappa shape index (κ2) is 17.0. The molecule has 0 aliphatic rings. The van der Waals surface area contributed by atoms with E-state index in [1.54, 1.807) is 0 Å². The summed E-state index contributed by atoms with van der Waals surface area (Å²) in [5.74, 6) is -0.0839. The van der Waals surface area contributed by atoms with Gasteiger partial charge in [-0.15, -0.1) is 0 Å². The van der Waals surface area contributed by atoms with E-state index < -0.39 is 0 Å². The molecular formula is C19H34O2. The van der Waals surface area contributed by atoms with E-state index >= 15 is 0 Å². The fraction of sp³-hybridized carbons (Fsp3) is 0.737. The maximum Gasteiger partial charge on any atom is 0.305 e. The smallest absolute Gasteiger partial charge is 0.305 e. The van der Waals surface area contributed by atoms with Gasteiger partial charge in [0.2, 0.25) is 0 Å². The predicted octanol–water partition coefficient (Wildman–Crippen LogP) is 5.97. The lowest BCUT2D eigenvalue weighted by atomic mass is 10.1. The first kappa shape index (κ1) is 19.9. The van der Waals surface area contributed by atoms with Crippen molar-refractivity contribution < 1.29 is 9.53 Å². The van der Waals surface area contributed by atoms with E-state index in [0.717, 1.165) is 19.3 Å². The van der Waals surface area contributed by atoms with Gasteiger partial charge in [0.05, 0.1) is 7.11 Å². The number of unbranched alkanes of at least 4 members (excludes halogenated alkanes) is 9. The van der Waals surface area contributed by atoms with Crippen LogP contribution in [-0.4, -0.2) is 13.1 Å². The van der Waals surface area contributed by atoms with Crippen molar-refractivity contribution in [2.45, 2.75) is 84.0 Å². The van der Waals surface area contributed by atoms with Crippen molar-refractivity contribution in [2.24, 2.45) is 0 Å². The van der Waals surface area contributed by atoms with Crippen molar-refractivity contribution in [3.05, 3.63) is 24.3 Å². The molecule has 0 spiro atoms. The lowest BCUT2D eigenvalue weighted by molar-refractivity contribution is -0.140. The standard InChI is InChI=1S/C19H34O2/c1-3-4-5-6-7-8-9-10-11-12-13-14-15-16-17-18-19(20)21-2/h8-11H,3-7,12-18H2,1-2H3/b9-8+,11-10?. The molecule has 0 rings (SSSR count). The first-order valence-electron chi connectivity index (χ1n) is 8.69. The molecule has 0 aromatic carbocycles. The predicted molar refractivity (Wildman–Crippen MR) is 91.4 cm³/mol. The van der Waals surface area contributed by atoms with Gasteiger partial charge in [-0.1, -0.05) is 69.8 Å².